The average molecular weight is 478 g/mol. The maximum atomic E-state index is 12.8. The Balaban J connectivity index is 1.64. The van der Waals surface area contributed by atoms with Gasteiger partial charge in [0.05, 0.1) is 11.9 Å². The Hall–Kier alpha value is -2.09. The summed E-state index contributed by atoms with van der Waals surface area (Å²) in [6.07, 6.45) is 4.95. The molecule has 2 aromatic rings. The van der Waals surface area contributed by atoms with Crippen LogP contribution in [0.5, 0.6) is 0 Å². The molecule has 0 radical (unpaired) electrons. The molecule has 0 aliphatic carbocycles. The van der Waals surface area contributed by atoms with Gasteiger partial charge in [0.15, 0.2) is 0 Å². The fourth-order valence-electron chi connectivity index (χ4n) is 4.08. The standard InChI is InChI=1S/C24H32ClN3O3S/c1-18-7-12-22(25)15-23(18)28(32(3,30)31)19(2)24(29)26-16-20-8-10-21(11-9-20)17-27-13-5-4-6-14-27/h7-12,15,19H,4-6,13-14,16-17H2,1-3H3,(H,26,29)/t19-/m0/s1. The van der Waals surface area contributed by atoms with Crippen molar-refractivity contribution in [2.24, 2.45) is 0 Å². The number of aryl methyl sites for hydroxylation is 1. The minimum Gasteiger partial charge on any atom is -0.350 e. The van der Waals surface area contributed by atoms with Gasteiger partial charge in [-0.1, -0.05) is 48.4 Å². The van der Waals surface area contributed by atoms with E-state index in [1.54, 1.807) is 32.0 Å². The molecule has 1 amide bonds. The predicted octanol–water partition coefficient (Wildman–Crippen LogP) is 4.11. The lowest BCUT2D eigenvalue weighted by Gasteiger charge is -2.29. The van der Waals surface area contributed by atoms with Crippen molar-refractivity contribution in [1.82, 2.24) is 10.2 Å². The zero-order valence-corrected chi connectivity index (χ0v) is 20.5. The molecule has 3 rings (SSSR count). The molecular weight excluding hydrogens is 446 g/mol. The number of likely N-dealkylation sites (tertiary alicyclic amines) is 1. The molecule has 1 aliphatic heterocycles. The first kappa shape index (κ1) is 24.6. The van der Waals surface area contributed by atoms with Gasteiger partial charge in [0.25, 0.3) is 0 Å². The van der Waals surface area contributed by atoms with Crippen LogP contribution in [0.2, 0.25) is 5.02 Å². The van der Waals surface area contributed by atoms with Crippen LogP contribution in [0.3, 0.4) is 0 Å². The molecular formula is C24H32ClN3O3S. The van der Waals surface area contributed by atoms with Crippen molar-refractivity contribution in [3.63, 3.8) is 0 Å². The number of nitrogens with zero attached hydrogens (tertiary/aromatic N) is 2. The minimum absolute atomic E-state index is 0.333. The summed E-state index contributed by atoms with van der Waals surface area (Å²) < 4.78 is 26.2. The third-order valence-electron chi connectivity index (χ3n) is 5.84. The topological polar surface area (TPSA) is 69.7 Å². The molecule has 2 aromatic carbocycles. The Morgan fingerprint density at radius 1 is 1.09 bits per heavy atom. The number of anilines is 1. The maximum Gasteiger partial charge on any atom is 0.243 e. The van der Waals surface area contributed by atoms with Gasteiger partial charge in [0.2, 0.25) is 15.9 Å². The highest BCUT2D eigenvalue weighted by Gasteiger charge is 2.30. The highest BCUT2D eigenvalue weighted by molar-refractivity contribution is 7.92. The highest BCUT2D eigenvalue weighted by atomic mass is 35.5. The molecule has 1 aliphatic rings. The number of carbonyl (C=O) groups is 1. The van der Waals surface area contributed by atoms with Crippen molar-refractivity contribution in [1.29, 1.82) is 0 Å². The van der Waals surface area contributed by atoms with Crippen molar-refractivity contribution in [3.05, 3.63) is 64.2 Å². The zero-order chi connectivity index (χ0) is 23.3. The van der Waals surface area contributed by atoms with Gasteiger partial charge >= 0.3 is 0 Å². The number of hydrogen-bond acceptors (Lipinski definition) is 4. The van der Waals surface area contributed by atoms with Crippen LogP contribution < -0.4 is 9.62 Å². The first-order valence-corrected chi connectivity index (χ1v) is 13.2. The Morgan fingerprint density at radius 3 is 2.34 bits per heavy atom. The first-order chi connectivity index (χ1) is 15.1. The van der Waals surface area contributed by atoms with E-state index in [-0.39, 0.29) is 5.91 Å². The van der Waals surface area contributed by atoms with E-state index >= 15 is 0 Å². The van der Waals surface area contributed by atoms with Crippen LogP contribution in [0.25, 0.3) is 0 Å². The predicted molar refractivity (Wildman–Crippen MR) is 130 cm³/mol. The first-order valence-electron chi connectivity index (χ1n) is 11.0. The molecule has 8 heteroatoms. The molecule has 0 saturated carbocycles. The molecule has 1 atom stereocenters. The fourth-order valence-corrected chi connectivity index (χ4v) is 5.47. The number of nitrogens with one attached hydrogen (secondary N) is 1. The second-order valence-corrected chi connectivity index (χ2v) is 10.8. The average Bonchev–Trinajstić information content (AvgIpc) is 2.75. The molecule has 0 aromatic heterocycles. The molecule has 6 nitrogen and oxygen atoms in total. The van der Waals surface area contributed by atoms with Crippen LogP contribution in [0, 0.1) is 6.92 Å². The van der Waals surface area contributed by atoms with Gasteiger partial charge in [-0.3, -0.25) is 14.0 Å². The molecule has 32 heavy (non-hydrogen) atoms. The normalized spacial score (nSPS) is 15.9. The van der Waals surface area contributed by atoms with Gasteiger partial charge in [-0.05, 0) is 68.6 Å². The molecule has 1 heterocycles. The monoisotopic (exact) mass is 477 g/mol. The van der Waals surface area contributed by atoms with Gasteiger partial charge in [0.1, 0.15) is 6.04 Å². The number of rotatable bonds is 8. The van der Waals surface area contributed by atoms with Gasteiger partial charge in [-0.25, -0.2) is 8.42 Å². The summed E-state index contributed by atoms with van der Waals surface area (Å²) in [7, 11) is -3.70. The summed E-state index contributed by atoms with van der Waals surface area (Å²) in [5.41, 5.74) is 3.36. The zero-order valence-electron chi connectivity index (χ0n) is 19.0. The fraction of sp³-hybridized carbons (Fsp3) is 0.458. The highest BCUT2D eigenvalue weighted by Crippen LogP contribution is 2.28. The van der Waals surface area contributed by atoms with Crippen LogP contribution in [0.1, 0.15) is 42.9 Å². The van der Waals surface area contributed by atoms with Gasteiger partial charge in [0, 0.05) is 18.1 Å². The van der Waals surface area contributed by atoms with E-state index < -0.39 is 16.1 Å². The number of benzene rings is 2. The number of hydrogen-bond donors (Lipinski definition) is 1. The van der Waals surface area contributed by atoms with Crippen molar-refractivity contribution in [2.45, 2.75) is 52.2 Å². The van der Waals surface area contributed by atoms with Crippen molar-refractivity contribution >= 4 is 33.2 Å². The third kappa shape index (κ3) is 6.47. The number of sulfonamides is 1. The van der Waals surface area contributed by atoms with E-state index in [1.807, 2.05) is 12.1 Å². The Bertz CT molecular complexity index is 1030. The number of amides is 1. The smallest absolute Gasteiger partial charge is 0.243 e. The molecule has 0 unspecified atom stereocenters. The Kier molecular flexibility index (Phi) is 8.20. The summed E-state index contributed by atoms with van der Waals surface area (Å²) in [5.74, 6) is -0.368. The molecule has 1 fully saturated rings. The van der Waals surface area contributed by atoms with E-state index in [4.69, 9.17) is 11.6 Å². The minimum atomic E-state index is -3.70. The molecule has 0 bridgehead atoms. The van der Waals surface area contributed by atoms with E-state index in [9.17, 15) is 13.2 Å². The van der Waals surface area contributed by atoms with E-state index in [2.05, 4.69) is 22.3 Å². The second kappa shape index (κ2) is 10.7. The lowest BCUT2D eigenvalue weighted by Crippen LogP contribution is -2.48. The lowest BCUT2D eigenvalue weighted by atomic mass is 10.1. The van der Waals surface area contributed by atoms with Gasteiger partial charge in [-0.15, -0.1) is 0 Å². The van der Waals surface area contributed by atoms with Crippen molar-refractivity contribution in [2.75, 3.05) is 23.7 Å². The van der Waals surface area contributed by atoms with E-state index in [1.165, 1.54) is 24.8 Å². The Labute approximate surface area is 196 Å². The molecule has 1 saturated heterocycles. The second-order valence-electron chi connectivity index (χ2n) is 8.54. The van der Waals surface area contributed by atoms with Crippen LogP contribution in [0.4, 0.5) is 5.69 Å². The van der Waals surface area contributed by atoms with E-state index in [0.29, 0.717) is 17.3 Å². The number of piperidine rings is 1. The Morgan fingerprint density at radius 2 is 1.72 bits per heavy atom. The molecule has 174 valence electrons. The largest absolute Gasteiger partial charge is 0.350 e. The van der Waals surface area contributed by atoms with Crippen molar-refractivity contribution in [3.8, 4) is 0 Å². The maximum absolute atomic E-state index is 12.8. The summed E-state index contributed by atoms with van der Waals surface area (Å²) in [6, 6.07) is 12.3. The van der Waals surface area contributed by atoms with Gasteiger partial charge in [-0.2, -0.15) is 0 Å². The molecule has 1 N–H and O–H groups in total. The van der Waals surface area contributed by atoms with Gasteiger partial charge < -0.3 is 5.32 Å². The summed E-state index contributed by atoms with van der Waals surface area (Å²) in [4.78, 5) is 15.3. The van der Waals surface area contributed by atoms with Crippen LogP contribution in [-0.4, -0.2) is 44.6 Å². The summed E-state index contributed by atoms with van der Waals surface area (Å²) in [6.45, 7) is 6.96. The van der Waals surface area contributed by atoms with Crippen molar-refractivity contribution < 1.29 is 13.2 Å². The quantitative estimate of drug-likeness (QED) is 0.621. The van der Waals surface area contributed by atoms with E-state index in [0.717, 1.165) is 41.3 Å². The number of carbonyl (C=O) groups excluding carboxylic acids is 1. The number of halogens is 1. The third-order valence-corrected chi connectivity index (χ3v) is 7.30. The SMILES string of the molecule is Cc1ccc(Cl)cc1N([C@@H](C)C(=O)NCc1ccc(CN2CCCCC2)cc1)S(C)(=O)=O. The van der Waals surface area contributed by atoms with Crippen LogP contribution in [-0.2, 0) is 27.9 Å². The van der Waals surface area contributed by atoms with Crippen LogP contribution >= 0.6 is 11.6 Å². The molecule has 0 spiro atoms. The lowest BCUT2D eigenvalue weighted by molar-refractivity contribution is -0.122. The summed E-state index contributed by atoms with van der Waals surface area (Å²) in [5, 5.41) is 3.28. The van der Waals surface area contributed by atoms with Crippen LogP contribution in [0.15, 0.2) is 42.5 Å². The summed E-state index contributed by atoms with van der Waals surface area (Å²) >= 11 is 6.09.